The molecule has 0 unspecified atom stereocenters. The minimum absolute atomic E-state index is 0.00807. The Bertz CT molecular complexity index is 1310. The first-order valence-corrected chi connectivity index (χ1v) is 16.0. The van der Waals surface area contributed by atoms with Crippen LogP contribution in [0.2, 0.25) is 10.0 Å². The molecule has 2 amide bonds. The molecule has 13 heteroatoms. The molecule has 1 N–H and O–H groups in total. The minimum atomic E-state index is -4.65. The topological polar surface area (TPSA) is 86.8 Å². The molecular weight excluding hydrogens is 602 g/mol. The van der Waals surface area contributed by atoms with E-state index in [1.54, 1.807) is 25.1 Å². The number of sulfonamides is 1. The predicted octanol–water partition coefficient (Wildman–Crippen LogP) is 6.42. The summed E-state index contributed by atoms with van der Waals surface area (Å²) in [7, 11) is -3.96. The van der Waals surface area contributed by atoms with E-state index >= 15 is 0 Å². The number of rotatable bonds is 11. The molecule has 0 saturated heterocycles. The maximum absolute atomic E-state index is 13.5. The molecular formula is C28H34Cl2F3N3O4S. The number of anilines is 1. The number of carbonyl (C=O) groups is 2. The molecule has 0 bridgehead atoms. The van der Waals surface area contributed by atoms with Crippen molar-refractivity contribution in [3.63, 3.8) is 0 Å². The molecule has 7 nitrogen and oxygen atoms in total. The van der Waals surface area contributed by atoms with E-state index in [0.717, 1.165) is 60.9 Å². The zero-order valence-corrected chi connectivity index (χ0v) is 25.2. The molecule has 0 aromatic heterocycles. The van der Waals surface area contributed by atoms with Crippen LogP contribution < -0.4 is 9.62 Å². The summed E-state index contributed by atoms with van der Waals surface area (Å²) in [5.74, 6) is -0.778. The number of nitrogens with one attached hydrogen (secondary N) is 1. The SMILES string of the molecule is C[C@H](C(=O)NC1CCCCC1)N(Cc1c(Cl)cccc1Cl)C(=O)CCCN(c1cccc(C(F)(F)F)c1)S(C)(=O)=O. The Labute approximate surface area is 249 Å². The monoisotopic (exact) mass is 635 g/mol. The molecule has 2 aromatic rings. The van der Waals surface area contributed by atoms with E-state index in [4.69, 9.17) is 23.2 Å². The first kappa shape index (κ1) is 33.0. The fourth-order valence-corrected chi connectivity index (χ4v) is 6.32. The summed E-state index contributed by atoms with van der Waals surface area (Å²) in [6.45, 7) is 1.31. The normalized spacial score (nSPS) is 15.3. The molecule has 226 valence electrons. The highest BCUT2D eigenvalue weighted by molar-refractivity contribution is 7.92. The van der Waals surface area contributed by atoms with Crippen molar-refractivity contribution in [3.05, 3.63) is 63.6 Å². The second kappa shape index (κ2) is 14.1. The van der Waals surface area contributed by atoms with Crippen molar-refractivity contribution >= 4 is 50.7 Å². The van der Waals surface area contributed by atoms with Crippen LogP contribution in [0.25, 0.3) is 0 Å². The van der Waals surface area contributed by atoms with Crippen LogP contribution in [0.15, 0.2) is 42.5 Å². The first-order valence-electron chi connectivity index (χ1n) is 13.4. The van der Waals surface area contributed by atoms with Crippen LogP contribution in [0.3, 0.4) is 0 Å². The number of halogens is 5. The summed E-state index contributed by atoms with van der Waals surface area (Å²) in [6, 6.07) is 8.05. The van der Waals surface area contributed by atoms with Gasteiger partial charge in [-0.3, -0.25) is 13.9 Å². The number of amides is 2. The lowest BCUT2D eigenvalue weighted by atomic mass is 9.95. The van der Waals surface area contributed by atoms with E-state index in [-0.39, 0.29) is 43.6 Å². The number of benzene rings is 2. The van der Waals surface area contributed by atoms with Crippen molar-refractivity contribution in [2.45, 2.75) is 76.7 Å². The highest BCUT2D eigenvalue weighted by Gasteiger charge is 2.32. The highest BCUT2D eigenvalue weighted by Crippen LogP contribution is 2.32. The van der Waals surface area contributed by atoms with Gasteiger partial charge in [0, 0.05) is 41.2 Å². The molecule has 0 spiro atoms. The summed E-state index contributed by atoms with van der Waals surface area (Å²) in [6.07, 6.45) is 0.921. The summed E-state index contributed by atoms with van der Waals surface area (Å²) in [5.41, 5.74) is -0.682. The Morgan fingerprint density at radius 1 is 1.05 bits per heavy atom. The molecule has 0 radical (unpaired) electrons. The highest BCUT2D eigenvalue weighted by atomic mass is 35.5. The fraction of sp³-hybridized carbons (Fsp3) is 0.500. The average molecular weight is 637 g/mol. The Morgan fingerprint density at radius 2 is 1.66 bits per heavy atom. The Morgan fingerprint density at radius 3 is 2.24 bits per heavy atom. The Kier molecular flexibility index (Phi) is 11.4. The molecule has 1 atom stereocenters. The third kappa shape index (κ3) is 9.24. The zero-order valence-electron chi connectivity index (χ0n) is 22.9. The molecule has 0 aliphatic heterocycles. The summed E-state index contributed by atoms with van der Waals surface area (Å²) < 4.78 is 65.5. The van der Waals surface area contributed by atoms with Crippen molar-refractivity contribution in [1.82, 2.24) is 10.2 Å². The van der Waals surface area contributed by atoms with Crippen LogP contribution in [0.4, 0.5) is 18.9 Å². The van der Waals surface area contributed by atoms with Gasteiger partial charge in [-0.1, -0.05) is 54.6 Å². The van der Waals surface area contributed by atoms with Gasteiger partial charge in [-0.15, -0.1) is 0 Å². The van der Waals surface area contributed by atoms with Crippen molar-refractivity contribution in [2.24, 2.45) is 0 Å². The second-order valence-electron chi connectivity index (χ2n) is 10.2. The molecule has 1 fully saturated rings. The van der Waals surface area contributed by atoms with Gasteiger partial charge in [0.05, 0.1) is 17.5 Å². The van der Waals surface area contributed by atoms with Crippen LogP contribution in [0.5, 0.6) is 0 Å². The number of hydrogen-bond donors (Lipinski definition) is 1. The maximum atomic E-state index is 13.5. The fourth-order valence-electron chi connectivity index (χ4n) is 4.85. The number of alkyl halides is 3. The van der Waals surface area contributed by atoms with Gasteiger partial charge in [-0.25, -0.2) is 8.42 Å². The van der Waals surface area contributed by atoms with Crippen LogP contribution in [-0.4, -0.2) is 50.0 Å². The van der Waals surface area contributed by atoms with Crippen molar-refractivity contribution in [3.8, 4) is 0 Å². The third-order valence-electron chi connectivity index (χ3n) is 7.12. The maximum Gasteiger partial charge on any atom is 0.416 e. The van der Waals surface area contributed by atoms with E-state index in [0.29, 0.717) is 15.6 Å². The summed E-state index contributed by atoms with van der Waals surface area (Å²) in [4.78, 5) is 28.0. The van der Waals surface area contributed by atoms with Gasteiger partial charge in [0.15, 0.2) is 0 Å². The molecule has 0 heterocycles. The predicted molar refractivity (Wildman–Crippen MR) is 154 cm³/mol. The van der Waals surface area contributed by atoms with Gasteiger partial charge in [-0.05, 0) is 56.5 Å². The van der Waals surface area contributed by atoms with E-state index in [2.05, 4.69) is 5.32 Å². The number of nitrogens with zero attached hydrogens (tertiary/aromatic N) is 2. The van der Waals surface area contributed by atoms with Gasteiger partial charge in [0.1, 0.15) is 6.04 Å². The largest absolute Gasteiger partial charge is 0.416 e. The smallest absolute Gasteiger partial charge is 0.352 e. The zero-order chi connectivity index (χ0) is 30.4. The molecule has 1 aliphatic carbocycles. The lowest BCUT2D eigenvalue weighted by molar-refractivity contribution is -0.141. The molecule has 1 aliphatic rings. The van der Waals surface area contributed by atoms with E-state index in [1.165, 1.54) is 11.0 Å². The quantitative estimate of drug-likeness (QED) is 0.308. The Hall–Kier alpha value is -2.50. The van der Waals surface area contributed by atoms with Crippen molar-refractivity contribution in [1.29, 1.82) is 0 Å². The van der Waals surface area contributed by atoms with Crippen LogP contribution in [-0.2, 0) is 32.3 Å². The summed E-state index contributed by atoms with van der Waals surface area (Å²) in [5, 5.41) is 3.67. The van der Waals surface area contributed by atoms with Crippen molar-refractivity contribution in [2.75, 3.05) is 17.1 Å². The van der Waals surface area contributed by atoms with E-state index in [9.17, 15) is 31.2 Å². The van der Waals surface area contributed by atoms with Gasteiger partial charge in [-0.2, -0.15) is 13.2 Å². The average Bonchev–Trinajstić information content (AvgIpc) is 2.90. The van der Waals surface area contributed by atoms with Crippen molar-refractivity contribution < 1.29 is 31.2 Å². The Balaban J connectivity index is 1.78. The molecule has 2 aromatic carbocycles. The third-order valence-corrected chi connectivity index (χ3v) is 9.02. The van der Waals surface area contributed by atoms with Gasteiger partial charge >= 0.3 is 6.18 Å². The summed E-state index contributed by atoms with van der Waals surface area (Å²) >= 11 is 12.7. The van der Waals surface area contributed by atoms with Crippen LogP contribution >= 0.6 is 23.2 Å². The molecule has 41 heavy (non-hydrogen) atoms. The molecule has 3 rings (SSSR count). The number of carbonyl (C=O) groups excluding carboxylic acids is 2. The van der Waals surface area contributed by atoms with Crippen LogP contribution in [0.1, 0.15) is 63.0 Å². The first-order chi connectivity index (χ1) is 19.2. The van der Waals surface area contributed by atoms with Gasteiger partial charge in [0.2, 0.25) is 21.8 Å². The lowest BCUT2D eigenvalue weighted by Gasteiger charge is -2.32. The van der Waals surface area contributed by atoms with Gasteiger partial charge in [0.25, 0.3) is 0 Å². The lowest BCUT2D eigenvalue weighted by Crippen LogP contribution is -2.50. The van der Waals surface area contributed by atoms with Crippen LogP contribution in [0, 0.1) is 0 Å². The standard InChI is InChI=1S/C28H34Cl2F3N3O4S/c1-19(27(38)34-21-10-4-3-5-11-21)35(18-23-24(29)13-7-14-25(23)30)26(37)15-8-16-36(41(2,39)40)22-12-6-9-20(17-22)28(31,32)33/h6-7,9,12-14,17,19,21H,3-5,8,10-11,15-16,18H2,1-2H3,(H,34,38)/t19-/m1/s1. The van der Waals surface area contributed by atoms with E-state index in [1.807, 2.05) is 0 Å². The minimum Gasteiger partial charge on any atom is -0.352 e. The van der Waals surface area contributed by atoms with Gasteiger partial charge < -0.3 is 10.2 Å². The molecule has 1 saturated carbocycles. The second-order valence-corrected chi connectivity index (χ2v) is 12.9. The van der Waals surface area contributed by atoms with E-state index < -0.39 is 33.7 Å². The number of hydrogen-bond acceptors (Lipinski definition) is 4.